The number of carbonyl (C=O) groups excluding carboxylic acids is 1. The molecular weight excluding hydrogens is 166 g/mol. The van der Waals surface area contributed by atoms with Crippen molar-refractivity contribution in [3.8, 4) is 0 Å². The number of nitrogens with zero attached hydrogens (tertiary/aromatic N) is 1. The normalized spacial score (nSPS) is 12.2. The van der Waals surface area contributed by atoms with Gasteiger partial charge in [0.2, 0.25) is 0 Å². The molecule has 0 saturated carbocycles. The van der Waals surface area contributed by atoms with Crippen LogP contribution in [0.2, 0.25) is 0 Å². The van der Waals surface area contributed by atoms with Crippen LogP contribution >= 0.6 is 0 Å². The predicted molar refractivity (Wildman–Crippen MR) is 49.4 cm³/mol. The SMILES string of the molecule is CC(C(=O)N(C)O)c1ccccc1. The molecule has 3 nitrogen and oxygen atoms in total. The van der Waals surface area contributed by atoms with Crippen LogP contribution in [0.15, 0.2) is 30.3 Å². The van der Waals surface area contributed by atoms with Crippen LogP contribution in [0.25, 0.3) is 0 Å². The third kappa shape index (κ3) is 2.29. The van der Waals surface area contributed by atoms with Gasteiger partial charge in [0.05, 0.1) is 5.92 Å². The average Bonchev–Trinajstić information content (AvgIpc) is 2.17. The van der Waals surface area contributed by atoms with Crippen molar-refractivity contribution >= 4 is 5.91 Å². The van der Waals surface area contributed by atoms with E-state index in [0.29, 0.717) is 5.06 Å². The summed E-state index contributed by atoms with van der Waals surface area (Å²) in [6, 6.07) is 9.37. The molecule has 0 aromatic heterocycles. The summed E-state index contributed by atoms with van der Waals surface area (Å²) in [5.41, 5.74) is 0.911. The van der Waals surface area contributed by atoms with Gasteiger partial charge < -0.3 is 0 Å². The summed E-state index contributed by atoms with van der Waals surface area (Å²) in [7, 11) is 1.34. The van der Waals surface area contributed by atoms with Crippen LogP contribution < -0.4 is 0 Å². The van der Waals surface area contributed by atoms with E-state index in [0.717, 1.165) is 5.56 Å². The van der Waals surface area contributed by atoms with Gasteiger partial charge in [0.25, 0.3) is 5.91 Å². The van der Waals surface area contributed by atoms with Gasteiger partial charge >= 0.3 is 0 Å². The van der Waals surface area contributed by atoms with Crippen LogP contribution in [-0.4, -0.2) is 23.2 Å². The Morgan fingerprint density at radius 3 is 2.38 bits per heavy atom. The third-order valence-electron chi connectivity index (χ3n) is 1.99. The van der Waals surface area contributed by atoms with E-state index in [2.05, 4.69) is 0 Å². The minimum Gasteiger partial charge on any atom is -0.286 e. The van der Waals surface area contributed by atoms with Crippen molar-refractivity contribution in [2.45, 2.75) is 12.8 Å². The summed E-state index contributed by atoms with van der Waals surface area (Å²) in [5, 5.41) is 9.56. The zero-order valence-electron chi connectivity index (χ0n) is 7.77. The molecule has 1 unspecified atom stereocenters. The highest BCUT2D eigenvalue weighted by molar-refractivity contribution is 5.81. The van der Waals surface area contributed by atoms with Gasteiger partial charge in [-0.15, -0.1) is 0 Å². The average molecular weight is 179 g/mol. The number of likely N-dealkylation sites (N-methyl/N-ethyl adjacent to an activating group) is 1. The van der Waals surface area contributed by atoms with E-state index in [9.17, 15) is 4.79 Å². The molecule has 1 rings (SSSR count). The van der Waals surface area contributed by atoms with Crippen LogP contribution in [0.3, 0.4) is 0 Å². The van der Waals surface area contributed by atoms with Crippen LogP contribution in [0, 0.1) is 0 Å². The van der Waals surface area contributed by atoms with Crippen molar-refractivity contribution in [3.05, 3.63) is 35.9 Å². The summed E-state index contributed by atoms with van der Waals surface area (Å²) in [4.78, 5) is 11.3. The third-order valence-corrected chi connectivity index (χ3v) is 1.99. The van der Waals surface area contributed by atoms with Gasteiger partial charge in [-0.3, -0.25) is 10.0 Å². The first-order valence-corrected chi connectivity index (χ1v) is 4.14. The number of rotatable bonds is 2. The highest BCUT2D eigenvalue weighted by Gasteiger charge is 2.17. The first-order valence-electron chi connectivity index (χ1n) is 4.14. The fraction of sp³-hybridized carbons (Fsp3) is 0.300. The molecule has 0 radical (unpaired) electrons. The largest absolute Gasteiger partial charge is 0.286 e. The van der Waals surface area contributed by atoms with Gasteiger partial charge in [0.15, 0.2) is 0 Å². The standard InChI is InChI=1S/C10H13NO2/c1-8(10(12)11(2)13)9-6-4-3-5-7-9/h3-8,13H,1-2H3. The minimum absolute atomic E-state index is 0.295. The molecule has 70 valence electrons. The molecule has 1 atom stereocenters. The van der Waals surface area contributed by atoms with Crippen molar-refractivity contribution in [3.63, 3.8) is 0 Å². The molecule has 0 fully saturated rings. The molecule has 0 aliphatic rings. The maximum Gasteiger partial charge on any atom is 0.252 e. The molecule has 1 aromatic rings. The van der Waals surface area contributed by atoms with Crippen molar-refractivity contribution < 1.29 is 10.0 Å². The summed E-state index contributed by atoms with van der Waals surface area (Å²) in [6.45, 7) is 1.77. The quantitative estimate of drug-likeness (QED) is 0.553. The van der Waals surface area contributed by atoms with E-state index in [1.54, 1.807) is 6.92 Å². The summed E-state index contributed by atoms with van der Waals surface area (Å²) >= 11 is 0. The Bertz CT molecular complexity index is 282. The van der Waals surface area contributed by atoms with Crippen molar-refractivity contribution in [2.24, 2.45) is 0 Å². The fourth-order valence-corrected chi connectivity index (χ4v) is 1.16. The van der Waals surface area contributed by atoms with Crippen LogP contribution in [0.1, 0.15) is 18.4 Å². The molecule has 0 saturated heterocycles. The van der Waals surface area contributed by atoms with E-state index < -0.39 is 0 Å². The molecule has 1 amide bonds. The van der Waals surface area contributed by atoms with Crippen LogP contribution in [-0.2, 0) is 4.79 Å². The molecule has 0 aliphatic heterocycles. The van der Waals surface area contributed by atoms with Gasteiger partial charge in [0, 0.05) is 7.05 Å². The smallest absolute Gasteiger partial charge is 0.252 e. The Kier molecular flexibility index (Phi) is 3.03. The monoisotopic (exact) mass is 179 g/mol. The first-order chi connectivity index (χ1) is 6.13. The van der Waals surface area contributed by atoms with Crippen molar-refractivity contribution in [2.75, 3.05) is 7.05 Å². The van der Waals surface area contributed by atoms with Gasteiger partial charge in [-0.05, 0) is 12.5 Å². The predicted octanol–water partition coefficient (Wildman–Crippen LogP) is 1.64. The van der Waals surface area contributed by atoms with E-state index in [-0.39, 0.29) is 11.8 Å². The Labute approximate surface area is 77.6 Å². The van der Waals surface area contributed by atoms with E-state index in [4.69, 9.17) is 5.21 Å². The van der Waals surface area contributed by atoms with E-state index in [1.807, 2.05) is 30.3 Å². The lowest BCUT2D eigenvalue weighted by Crippen LogP contribution is -2.27. The second-order valence-corrected chi connectivity index (χ2v) is 2.99. The Morgan fingerprint density at radius 2 is 1.92 bits per heavy atom. The lowest BCUT2D eigenvalue weighted by Gasteiger charge is -2.14. The number of carbonyl (C=O) groups is 1. The first kappa shape index (κ1) is 9.74. The van der Waals surface area contributed by atoms with E-state index >= 15 is 0 Å². The zero-order chi connectivity index (χ0) is 9.84. The topological polar surface area (TPSA) is 40.5 Å². The number of hydrogen-bond donors (Lipinski definition) is 1. The second kappa shape index (κ2) is 4.05. The summed E-state index contributed by atoms with van der Waals surface area (Å²) in [6.07, 6.45) is 0. The molecule has 0 spiro atoms. The Hall–Kier alpha value is -1.35. The van der Waals surface area contributed by atoms with Gasteiger partial charge in [-0.2, -0.15) is 0 Å². The molecule has 1 aromatic carbocycles. The van der Waals surface area contributed by atoms with Gasteiger partial charge in [0.1, 0.15) is 0 Å². The molecule has 13 heavy (non-hydrogen) atoms. The highest BCUT2D eigenvalue weighted by atomic mass is 16.5. The van der Waals surface area contributed by atoms with Crippen molar-refractivity contribution in [1.82, 2.24) is 5.06 Å². The van der Waals surface area contributed by atoms with Gasteiger partial charge in [-0.1, -0.05) is 30.3 Å². The molecule has 0 aliphatic carbocycles. The number of benzene rings is 1. The second-order valence-electron chi connectivity index (χ2n) is 2.99. The number of hydroxylamine groups is 2. The Balaban J connectivity index is 2.80. The maximum absolute atomic E-state index is 11.3. The van der Waals surface area contributed by atoms with Crippen LogP contribution in [0.5, 0.6) is 0 Å². The summed E-state index contributed by atoms with van der Waals surface area (Å²) < 4.78 is 0. The highest BCUT2D eigenvalue weighted by Crippen LogP contribution is 2.15. The number of amides is 1. The lowest BCUT2D eigenvalue weighted by atomic mass is 10.0. The minimum atomic E-state index is -0.300. The molecule has 0 bridgehead atoms. The molecule has 3 heteroatoms. The van der Waals surface area contributed by atoms with Gasteiger partial charge in [-0.25, -0.2) is 5.06 Å². The maximum atomic E-state index is 11.3. The lowest BCUT2D eigenvalue weighted by molar-refractivity contribution is -0.160. The molecule has 1 N–H and O–H groups in total. The fourth-order valence-electron chi connectivity index (χ4n) is 1.16. The molecular formula is C10H13NO2. The zero-order valence-corrected chi connectivity index (χ0v) is 7.77. The van der Waals surface area contributed by atoms with E-state index in [1.165, 1.54) is 7.05 Å². The van der Waals surface area contributed by atoms with Crippen molar-refractivity contribution in [1.29, 1.82) is 0 Å². The van der Waals surface area contributed by atoms with Crippen LogP contribution in [0.4, 0.5) is 0 Å². The molecule has 0 heterocycles. The number of hydrogen-bond acceptors (Lipinski definition) is 2. The Morgan fingerprint density at radius 1 is 1.38 bits per heavy atom. The summed E-state index contributed by atoms with van der Waals surface area (Å²) in [5.74, 6) is -0.595.